The Morgan fingerprint density at radius 2 is 1.88 bits per heavy atom. The van der Waals surface area contributed by atoms with Crippen molar-refractivity contribution in [1.82, 2.24) is 10.2 Å². The number of esters is 1. The normalized spacial score (nSPS) is 13.8. The van der Waals surface area contributed by atoms with E-state index in [1.807, 2.05) is 0 Å². The first-order valence-corrected chi connectivity index (χ1v) is 11.2. The number of likely N-dealkylation sites (tertiary alicyclic amines) is 1. The van der Waals surface area contributed by atoms with Gasteiger partial charge in [-0.3, -0.25) is 9.59 Å². The van der Waals surface area contributed by atoms with Crippen LogP contribution in [0, 0.1) is 0 Å². The molecular formula is C22H25N3O6S. The summed E-state index contributed by atoms with van der Waals surface area (Å²) in [5, 5.41) is 7.35. The number of rotatable bonds is 7. The van der Waals surface area contributed by atoms with E-state index in [0.717, 1.165) is 0 Å². The average Bonchev–Trinajstić information content (AvgIpc) is 3.33. The molecule has 170 valence electrons. The van der Waals surface area contributed by atoms with Crippen molar-refractivity contribution < 1.29 is 28.7 Å². The summed E-state index contributed by atoms with van der Waals surface area (Å²) in [4.78, 5) is 50.5. The first kappa shape index (κ1) is 23.3. The average molecular weight is 460 g/mol. The van der Waals surface area contributed by atoms with Gasteiger partial charge in [0.15, 0.2) is 6.61 Å². The number of thiophene rings is 1. The molecule has 2 heterocycles. The van der Waals surface area contributed by atoms with Gasteiger partial charge in [-0.1, -0.05) is 12.1 Å². The minimum Gasteiger partial charge on any atom is -0.452 e. The van der Waals surface area contributed by atoms with Crippen molar-refractivity contribution in [2.45, 2.75) is 25.8 Å². The van der Waals surface area contributed by atoms with Crippen LogP contribution in [0.25, 0.3) is 0 Å². The van der Waals surface area contributed by atoms with E-state index in [1.165, 1.54) is 17.4 Å². The molecular weight excluding hydrogens is 434 g/mol. The van der Waals surface area contributed by atoms with Crippen molar-refractivity contribution in [1.29, 1.82) is 0 Å². The van der Waals surface area contributed by atoms with Crippen LogP contribution in [0.15, 0.2) is 41.8 Å². The summed E-state index contributed by atoms with van der Waals surface area (Å²) in [5.74, 6) is -1.33. The quantitative estimate of drug-likeness (QED) is 0.616. The van der Waals surface area contributed by atoms with Crippen LogP contribution in [0.2, 0.25) is 0 Å². The number of amides is 3. The van der Waals surface area contributed by atoms with E-state index < -0.39 is 18.5 Å². The van der Waals surface area contributed by atoms with Crippen LogP contribution in [0.3, 0.4) is 0 Å². The Labute approximate surface area is 189 Å². The number of nitrogens with one attached hydrogen (secondary N) is 2. The maximum atomic E-state index is 12.3. The summed E-state index contributed by atoms with van der Waals surface area (Å²) in [5.41, 5.74) is 0.681. The maximum absolute atomic E-state index is 12.3. The molecule has 3 rings (SSSR count). The number of piperidine rings is 1. The largest absolute Gasteiger partial charge is 0.452 e. The van der Waals surface area contributed by atoms with Gasteiger partial charge in [-0.15, -0.1) is 11.3 Å². The summed E-state index contributed by atoms with van der Waals surface area (Å²) >= 11 is 1.32. The number of benzene rings is 1. The molecule has 1 aliphatic rings. The third-order valence-corrected chi connectivity index (χ3v) is 5.69. The highest BCUT2D eigenvalue weighted by Crippen LogP contribution is 2.16. The summed E-state index contributed by atoms with van der Waals surface area (Å²) in [7, 11) is 0. The zero-order valence-corrected chi connectivity index (χ0v) is 18.5. The van der Waals surface area contributed by atoms with Crippen LogP contribution in [-0.2, 0) is 14.3 Å². The lowest BCUT2D eigenvalue weighted by Crippen LogP contribution is -2.47. The second-order valence-electron chi connectivity index (χ2n) is 7.12. The Kier molecular flexibility index (Phi) is 8.20. The molecule has 1 fully saturated rings. The zero-order chi connectivity index (χ0) is 22.9. The van der Waals surface area contributed by atoms with Crippen molar-refractivity contribution in [3.8, 4) is 0 Å². The molecule has 0 unspecified atom stereocenters. The molecule has 0 atom stereocenters. The van der Waals surface area contributed by atoms with Crippen LogP contribution in [0.1, 0.15) is 39.8 Å². The standard InChI is InChI=1S/C22H25N3O6S/c1-2-30-22(29)25-10-8-16(9-11-25)23-19(26)14-31-21(28)15-5-3-6-17(13-15)24-20(27)18-7-4-12-32-18/h3-7,12-13,16H,2,8-11,14H2,1H3,(H,23,26)(H,24,27). The van der Waals surface area contributed by atoms with Gasteiger partial charge in [0.05, 0.1) is 17.0 Å². The van der Waals surface area contributed by atoms with Crippen LogP contribution < -0.4 is 10.6 Å². The van der Waals surface area contributed by atoms with Crippen molar-refractivity contribution in [3.05, 3.63) is 52.2 Å². The Balaban J connectivity index is 1.43. The molecule has 2 aromatic rings. The number of ether oxygens (including phenoxy) is 2. The van der Waals surface area contributed by atoms with E-state index in [9.17, 15) is 19.2 Å². The molecule has 32 heavy (non-hydrogen) atoms. The Hall–Kier alpha value is -3.40. The fraction of sp³-hybridized carbons (Fsp3) is 0.364. The van der Waals surface area contributed by atoms with Gasteiger partial charge in [-0.05, 0) is 49.4 Å². The van der Waals surface area contributed by atoms with Gasteiger partial charge in [0.25, 0.3) is 11.8 Å². The molecule has 1 aromatic heterocycles. The van der Waals surface area contributed by atoms with E-state index in [0.29, 0.717) is 43.1 Å². The minimum atomic E-state index is -0.662. The van der Waals surface area contributed by atoms with E-state index in [-0.39, 0.29) is 23.6 Å². The molecule has 9 nitrogen and oxygen atoms in total. The van der Waals surface area contributed by atoms with Crippen LogP contribution in [-0.4, -0.2) is 61.1 Å². The summed E-state index contributed by atoms with van der Waals surface area (Å²) in [6.07, 6.45) is 0.856. The molecule has 2 N–H and O–H groups in total. The SMILES string of the molecule is CCOC(=O)N1CCC(NC(=O)COC(=O)c2cccc(NC(=O)c3cccs3)c2)CC1. The number of hydrogen-bond donors (Lipinski definition) is 2. The Bertz CT molecular complexity index is 954. The monoisotopic (exact) mass is 459 g/mol. The fourth-order valence-electron chi connectivity index (χ4n) is 3.23. The summed E-state index contributed by atoms with van der Waals surface area (Å²) < 4.78 is 10.1. The lowest BCUT2D eigenvalue weighted by Gasteiger charge is -2.31. The van der Waals surface area contributed by atoms with Gasteiger partial charge in [0.2, 0.25) is 0 Å². The third-order valence-electron chi connectivity index (χ3n) is 4.82. The smallest absolute Gasteiger partial charge is 0.409 e. The van der Waals surface area contributed by atoms with Crippen LogP contribution in [0.5, 0.6) is 0 Å². The van der Waals surface area contributed by atoms with Crippen molar-refractivity contribution in [2.75, 3.05) is 31.6 Å². The lowest BCUT2D eigenvalue weighted by molar-refractivity contribution is -0.125. The lowest BCUT2D eigenvalue weighted by atomic mass is 10.1. The number of nitrogens with zero attached hydrogens (tertiary/aromatic N) is 1. The highest BCUT2D eigenvalue weighted by atomic mass is 32.1. The number of anilines is 1. The number of carbonyl (C=O) groups is 4. The molecule has 1 saturated heterocycles. The van der Waals surface area contributed by atoms with Crippen LogP contribution in [0.4, 0.5) is 10.5 Å². The fourth-order valence-corrected chi connectivity index (χ4v) is 3.85. The molecule has 0 aliphatic carbocycles. The van der Waals surface area contributed by atoms with Gasteiger partial charge < -0.3 is 25.0 Å². The highest BCUT2D eigenvalue weighted by Gasteiger charge is 2.24. The van der Waals surface area contributed by atoms with Gasteiger partial charge in [-0.25, -0.2) is 9.59 Å². The van der Waals surface area contributed by atoms with E-state index in [1.54, 1.807) is 47.5 Å². The van der Waals surface area contributed by atoms with Gasteiger partial charge in [0.1, 0.15) is 0 Å². The van der Waals surface area contributed by atoms with E-state index >= 15 is 0 Å². The predicted molar refractivity (Wildman–Crippen MR) is 119 cm³/mol. The topological polar surface area (TPSA) is 114 Å². The van der Waals surface area contributed by atoms with E-state index in [4.69, 9.17) is 9.47 Å². The predicted octanol–water partition coefficient (Wildman–Crippen LogP) is 2.89. The van der Waals surface area contributed by atoms with Crippen molar-refractivity contribution in [2.24, 2.45) is 0 Å². The summed E-state index contributed by atoms with van der Waals surface area (Å²) in [6.45, 7) is 2.65. The highest BCUT2D eigenvalue weighted by molar-refractivity contribution is 7.12. The van der Waals surface area contributed by atoms with Crippen LogP contribution >= 0.6 is 11.3 Å². The minimum absolute atomic E-state index is 0.0947. The molecule has 1 aromatic carbocycles. The molecule has 1 aliphatic heterocycles. The molecule has 3 amide bonds. The first-order valence-electron chi connectivity index (χ1n) is 10.3. The molecule has 0 saturated carbocycles. The maximum Gasteiger partial charge on any atom is 0.409 e. The zero-order valence-electron chi connectivity index (χ0n) is 17.7. The Morgan fingerprint density at radius 1 is 1.09 bits per heavy atom. The van der Waals surface area contributed by atoms with Gasteiger partial charge in [-0.2, -0.15) is 0 Å². The van der Waals surface area contributed by atoms with Gasteiger partial charge in [0, 0.05) is 24.8 Å². The van der Waals surface area contributed by atoms with Crippen molar-refractivity contribution >= 4 is 40.9 Å². The second kappa shape index (κ2) is 11.3. The first-order chi connectivity index (χ1) is 15.5. The molecule has 10 heteroatoms. The van der Waals surface area contributed by atoms with Crippen molar-refractivity contribution in [3.63, 3.8) is 0 Å². The number of hydrogen-bond acceptors (Lipinski definition) is 7. The molecule has 0 spiro atoms. The molecule has 0 bridgehead atoms. The van der Waals surface area contributed by atoms with Gasteiger partial charge >= 0.3 is 12.1 Å². The second-order valence-corrected chi connectivity index (χ2v) is 8.06. The van der Waals surface area contributed by atoms with E-state index in [2.05, 4.69) is 10.6 Å². The summed E-state index contributed by atoms with van der Waals surface area (Å²) in [6, 6.07) is 9.72. The number of carbonyl (C=O) groups excluding carboxylic acids is 4. The third kappa shape index (κ3) is 6.55. The molecule has 0 radical (unpaired) electrons. The Morgan fingerprint density at radius 3 is 2.56 bits per heavy atom.